The van der Waals surface area contributed by atoms with Crippen molar-refractivity contribution in [2.45, 2.75) is 13.3 Å². The van der Waals surface area contributed by atoms with Gasteiger partial charge in [-0.1, -0.05) is 12.1 Å². The van der Waals surface area contributed by atoms with Crippen molar-refractivity contribution >= 4 is 31.6 Å². The number of fused-ring (bicyclic) bond motifs is 2. The smallest absolute Gasteiger partial charge is 0.320 e. The Kier molecular flexibility index (Phi) is 5.10. The van der Waals surface area contributed by atoms with Gasteiger partial charge in [0.1, 0.15) is 15.6 Å². The Morgan fingerprint density at radius 3 is 2.72 bits per heavy atom. The average Bonchev–Trinajstić information content (AvgIpc) is 3.04. The molecule has 0 saturated heterocycles. The lowest BCUT2D eigenvalue weighted by atomic mass is 10.2. The fourth-order valence-corrected chi connectivity index (χ4v) is 3.73. The molecule has 2 aromatic carbocycles. The van der Waals surface area contributed by atoms with E-state index in [1.807, 2.05) is 49.4 Å². The van der Waals surface area contributed by atoms with E-state index < -0.39 is 9.84 Å². The van der Waals surface area contributed by atoms with Gasteiger partial charge in [-0.2, -0.15) is 9.97 Å². The summed E-state index contributed by atoms with van der Waals surface area (Å²) in [5, 5.41) is 1.82. The van der Waals surface area contributed by atoms with E-state index in [4.69, 9.17) is 9.47 Å². The predicted octanol–water partition coefficient (Wildman–Crippen LogP) is 4.03. The van der Waals surface area contributed by atoms with E-state index in [-0.39, 0.29) is 18.4 Å². The van der Waals surface area contributed by atoms with Crippen molar-refractivity contribution in [2.24, 2.45) is 0 Å². The third-order valence-electron chi connectivity index (χ3n) is 4.38. The number of rotatable bonds is 7. The number of hydrogen-bond donors (Lipinski definition) is 1. The highest BCUT2D eigenvalue weighted by Gasteiger charge is 2.12. The first kappa shape index (κ1) is 19.2. The quantitative estimate of drug-likeness (QED) is 0.462. The second-order valence-corrected chi connectivity index (χ2v) is 9.22. The second-order valence-electron chi connectivity index (χ2n) is 6.96. The largest absolute Gasteiger partial charge is 0.463 e. The van der Waals surface area contributed by atoms with Crippen LogP contribution in [0.25, 0.3) is 21.8 Å². The number of aromatic amines is 1. The fraction of sp³-hybridized carbons (Fsp3) is 0.238. The Morgan fingerprint density at radius 1 is 1.07 bits per heavy atom. The molecule has 7 nitrogen and oxygen atoms in total. The van der Waals surface area contributed by atoms with Crippen LogP contribution in [0, 0.1) is 6.92 Å². The number of para-hydroxylation sites is 1. The Hall–Kier alpha value is -3.13. The third-order valence-corrected chi connectivity index (χ3v) is 5.41. The summed E-state index contributed by atoms with van der Waals surface area (Å²) in [6.45, 7) is 2.21. The summed E-state index contributed by atoms with van der Waals surface area (Å²) in [4.78, 5) is 12.1. The van der Waals surface area contributed by atoms with E-state index in [2.05, 4.69) is 21.0 Å². The lowest BCUT2D eigenvalue weighted by Crippen LogP contribution is -2.09. The lowest BCUT2D eigenvalue weighted by Gasteiger charge is -2.10. The number of H-pyrrole nitrogens is 1. The molecular formula is C21H21N3O4S. The third kappa shape index (κ3) is 4.65. The van der Waals surface area contributed by atoms with Crippen molar-refractivity contribution in [3.63, 3.8) is 0 Å². The fourth-order valence-electron chi connectivity index (χ4n) is 3.08. The predicted molar refractivity (Wildman–Crippen MR) is 112 cm³/mol. The molecule has 29 heavy (non-hydrogen) atoms. The summed E-state index contributed by atoms with van der Waals surface area (Å²) >= 11 is 0. The van der Waals surface area contributed by atoms with Gasteiger partial charge < -0.3 is 14.5 Å². The van der Waals surface area contributed by atoms with Crippen molar-refractivity contribution in [1.82, 2.24) is 15.0 Å². The molecule has 0 aliphatic carbocycles. The van der Waals surface area contributed by atoms with Crippen LogP contribution in [0.15, 0.2) is 48.5 Å². The van der Waals surface area contributed by atoms with Crippen LogP contribution in [0.3, 0.4) is 0 Å². The van der Waals surface area contributed by atoms with Gasteiger partial charge in [-0.25, -0.2) is 8.42 Å². The number of aromatic nitrogens is 3. The number of nitrogens with one attached hydrogen (secondary N) is 1. The molecule has 0 radical (unpaired) electrons. The summed E-state index contributed by atoms with van der Waals surface area (Å²) < 4.78 is 34.2. The van der Waals surface area contributed by atoms with Gasteiger partial charge in [-0.15, -0.1) is 0 Å². The molecular weight excluding hydrogens is 390 g/mol. The Morgan fingerprint density at radius 2 is 1.90 bits per heavy atom. The van der Waals surface area contributed by atoms with E-state index >= 15 is 0 Å². The van der Waals surface area contributed by atoms with Crippen LogP contribution in [-0.4, -0.2) is 42.0 Å². The molecule has 4 rings (SSSR count). The molecule has 0 saturated carbocycles. The number of nitrogens with zero attached hydrogens (tertiary/aromatic N) is 2. The highest BCUT2D eigenvalue weighted by atomic mass is 32.2. The molecule has 4 aromatic rings. The topological polar surface area (TPSA) is 94.2 Å². The molecule has 0 aliphatic rings. The lowest BCUT2D eigenvalue weighted by molar-refractivity contribution is 0.289. The van der Waals surface area contributed by atoms with E-state index in [0.29, 0.717) is 23.6 Å². The summed E-state index contributed by atoms with van der Waals surface area (Å²) in [7, 11) is -3.03. The van der Waals surface area contributed by atoms with Crippen molar-refractivity contribution in [3.8, 4) is 17.6 Å². The molecule has 8 heteroatoms. The summed E-state index contributed by atoms with van der Waals surface area (Å²) in [5.41, 5.74) is 2.81. The minimum Gasteiger partial charge on any atom is -0.463 e. The molecule has 2 aromatic heterocycles. The van der Waals surface area contributed by atoms with Gasteiger partial charge in [0.2, 0.25) is 5.88 Å². The first-order chi connectivity index (χ1) is 13.9. The van der Waals surface area contributed by atoms with Crippen molar-refractivity contribution in [2.75, 3.05) is 18.6 Å². The van der Waals surface area contributed by atoms with Crippen LogP contribution in [0.1, 0.15) is 12.1 Å². The summed E-state index contributed by atoms with van der Waals surface area (Å²) in [5.74, 6) is 1.10. The van der Waals surface area contributed by atoms with Crippen LogP contribution in [-0.2, 0) is 9.84 Å². The molecule has 0 bridgehead atoms. The monoisotopic (exact) mass is 411 g/mol. The second kappa shape index (κ2) is 7.71. The molecule has 0 amide bonds. The number of benzene rings is 2. The van der Waals surface area contributed by atoms with Gasteiger partial charge in [-0.3, -0.25) is 0 Å². The summed E-state index contributed by atoms with van der Waals surface area (Å²) in [6.07, 6.45) is 1.57. The Bertz CT molecular complexity index is 1280. The average molecular weight is 411 g/mol. The zero-order valence-corrected chi connectivity index (χ0v) is 17.0. The van der Waals surface area contributed by atoms with Gasteiger partial charge >= 0.3 is 6.01 Å². The van der Waals surface area contributed by atoms with Gasteiger partial charge in [0.25, 0.3) is 0 Å². The number of aryl methyl sites for hydroxylation is 1. The standard InChI is InChI=1S/C21H21N3O4S/c1-14-12-15-13-16(8-9-18(15)22-14)28-20-17-6-3-4-7-19(17)23-21(24-20)27-10-5-11-29(2,25)26/h3-4,6-9,12-13,22H,5,10-11H2,1-2H3. The highest BCUT2D eigenvalue weighted by molar-refractivity contribution is 7.90. The van der Waals surface area contributed by atoms with Crippen LogP contribution < -0.4 is 9.47 Å². The first-order valence-electron chi connectivity index (χ1n) is 9.22. The minimum atomic E-state index is -3.03. The molecule has 1 N–H and O–H groups in total. The van der Waals surface area contributed by atoms with Gasteiger partial charge in [0.15, 0.2) is 0 Å². The van der Waals surface area contributed by atoms with Crippen LogP contribution in [0.2, 0.25) is 0 Å². The first-order valence-corrected chi connectivity index (χ1v) is 11.3. The van der Waals surface area contributed by atoms with E-state index in [0.717, 1.165) is 22.0 Å². The molecule has 2 heterocycles. The Balaban J connectivity index is 1.61. The zero-order chi connectivity index (χ0) is 20.4. The van der Waals surface area contributed by atoms with E-state index in [1.165, 1.54) is 6.26 Å². The normalized spacial score (nSPS) is 11.8. The van der Waals surface area contributed by atoms with Crippen molar-refractivity contribution < 1.29 is 17.9 Å². The molecule has 150 valence electrons. The zero-order valence-electron chi connectivity index (χ0n) is 16.2. The van der Waals surface area contributed by atoms with Gasteiger partial charge in [-0.05, 0) is 49.7 Å². The van der Waals surface area contributed by atoms with E-state index in [9.17, 15) is 8.42 Å². The molecule has 0 fully saturated rings. The van der Waals surface area contributed by atoms with Crippen molar-refractivity contribution in [3.05, 3.63) is 54.2 Å². The number of hydrogen-bond acceptors (Lipinski definition) is 6. The highest BCUT2D eigenvalue weighted by Crippen LogP contribution is 2.31. The maximum Gasteiger partial charge on any atom is 0.320 e. The maximum atomic E-state index is 11.3. The van der Waals surface area contributed by atoms with Crippen LogP contribution >= 0.6 is 0 Å². The van der Waals surface area contributed by atoms with Crippen molar-refractivity contribution in [1.29, 1.82) is 0 Å². The number of ether oxygens (including phenoxy) is 2. The SMILES string of the molecule is Cc1cc2cc(Oc3nc(OCCCS(C)(=O)=O)nc4ccccc34)ccc2[nH]1. The van der Waals surface area contributed by atoms with Gasteiger partial charge in [0.05, 0.1) is 23.3 Å². The number of sulfone groups is 1. The van der Waals surface area contributed by atoms with Crippen LogP contribution in [0.4, 0.5) is 0 Å². The molecule has 0 unspecified atom stereocenters. The van der Waals surface area contributed by atoms with E-state index in [1.54, 1.807) is 0 Å². The maximum absolute atomic E-state index is 11.3. The minimum absolute atomic E-state index is 0.0556. The summed E-state index contributed by atoms with van der Waals surface area (Å²) in [6, 6.07) is 15.5. The molecule has 0 spiro atoms. The van der Waals surface area contributed by atoms with Crippen LogP contribution in [0.5, 0.6) is 17.6 Å². The van der Waals surface area contributed by atoms with Gasteiger partial charge in [0, 0.05) is 22.9 Å². The molecule has 0 atom stereocenters. The molecule has 0 aliphatic heterocycles. The Labute approximate surface area is 168 Å².